The third kappa shape index (κ3) is 9.29. The van der Waals surface area contributed by atoms with Crippen LogP contribution in [-0.4, -0.2) is 117 Å². The number of likely N-dealkylation sites (tertiary alicyclic amines) is 3. The lowest BCUT2D eigenvalue weighted by Gasteiger charge is -2.38. The molecular weight excluding hydrogens is 770 g/mol. The van der Waals surface area contributed by atoms with E-state index in [1.165, 1.54) is 10.8 Å². The minimum atomic E-state index is -0.748. The molecule has 322 valence electrons. The normalized spacial score (nSPS) is 26.6. The average molecular weight is 828 g/mol. The monoisotopic (exact) mass is 827 g/mol. The van der Waals surface area contributed by atoms with Crippen LogP contribution in [0.15, 0.2) is 33.6 Å². The van der Waals surface area contributed by atoms with Crippen LogP contribution in [-0.2, 0) is 19.2 Å². The zero-order valence-electron chi connectivity index (χ0n) is 34.4. The Bertz CT molecular complexity index is 2130. The van der Waals surface area contributed by atoms with E-state index in [1.54, 1.807) is 0 Å². The fourth-order valence-electron chi connectivity index (χ4n) is 10.4. The van der Waals surface area contributed by atoms with Crippen LogP contribution in [0.2, 0.25) is 0 Å². The Hall–Kier alpha value is -4.70. The Labute approximate surface area is 349 Å². The first-order valence-corrected chi connectivity index (χ1v) is 22.4. The molecule has 2 unspecified atom stereocenters. The van der Waals surface area contributed by atoms with Crippen molar-refractivity contribution in [1.82, 2.24) is 39.9 Å². The van der Waals surface area contributed by atoms with Crippen LogP contribution in [0.25, 0.3) is 11.1 Å². The smallest absolute Gasteiger partial charge is 0.408 e. The highest BCUT2D eigenvalue weighted by Gasteiger charge is 2.37. The van der Waals surface area contributed by atoms with Gasteiger partial charge in [-0.2, -0.15) is 0 Å². The highest BCUT2D eigenvalue weighted by atomic mass is 19.1. The largest absolute Gasteiger partial charge is 0.420 e. The molecule has 4 aliphatic heterocycles. The van der Waals surface area contributed by atoms with Crippen LogP contribution in [0.1, 0.15) is 119 Å². The van der Waals surface area contributed by atoms with Gasteiger partial charge in [-0.15, -0.1) is 0 Å². The maximum atomic E-state index is 14.9. The number of amides is 4. The maximum absolute atomic E-state index is 14.9. The summed E-state index contributed by atoms with van der Waals surface area (Å²) in [6.45, 7) is 6.60. The van der Waals surface area contributed by atoms with Gasteiger partial charge in [-0.25, -0.2) is 19.2 Å². The molecule has 4 amide bonds. The van der Waals surface area contributed by atoms with E-state index in [-0.39, 0.29) is 54.5 Å². The number of halogens is 1. The molecule has 3 aromatic rings. The molecule has 15 nitrogen and oxygen atoms in total. The summed E-state index contributed by atoms with van der Waals surface area (Å²) in [7, 11) is 0. The van der Waals surface area contributed by atoms with Gasteiger partial charge in [0.1, 0.15) is 6.04 Å². The lowest BCUT2D eigenvalue weighted by atomic mass is 9.88. The van der Waals surface area contributed by atoms with Crippen LogP contribution < -0.4 is 21.7 Å². The topological polar surface area (TPSA) is 175 Å². The number of nitrogens with zero attached hydrogens (tertiary/aromatic N) is 6. The van der Waals surface area contributed by atoms with Crippen molar-refractivity contribution in [3.05, 3.63) is 52.0 Å². The van der Waals surface area contributed by atoms with Gasteiger partial charge in [0.2, 0.25) is 29.6 Å². The van der Waals surface area contributed by atoms with E-state index in [2.05, 4.69) is 35.7 Å². The highest BCUT2D eigenvalue weighted by Crippen LogP contribution is 2.36. The van der Waals surface area contributed by atoms with Crippen molar-refractivity contribution in [2.45, 2.75) is 120 Å². The number of hydrogen-bond acceptors (Lipinski definition) is 11. The minimum absolute atomic E-state index is 0.0881. The lowest BCUT2D eigenvalue weighted by molar-refractivity contribution is -0.136. The Morgan fingerprint density at radius 2 is 1.60 bits per heavy atom. The van der Waals surface area contributed by atoms with Crippen LogP contribution >= 0.6 is 0 Å². The molecular formula is C44H58FN9O6. The second-order valence-electron chi connectivity index (χ2n) is 18.3. The zero-order chi connectivity index (χ0) is 41.3. The van der Waals surface area contributed by atoms with Crippen LogP contribution in [0, 0.1) is 17.7 Å². The fourth-order valence-corrected chi connectivity index (χ4v) is 10.4. The summed E-state index contributed by atoms with van der Waals surface area (Å²) in [4.78, 5) is 78.2. The predicted octanol–water partition coefficient (Wildman–Crippen LogP) is 4.05. The average Bonchev–Trinajstić information content (AvgIpc) is 4.05. The third-order valence-corrected chi connectivity index (χ3v) is 14.1. The molecule has 2 atom stereocenters. The number of piperidine rings is 4. The Morgan fingerprint density at radius 3 is 2.35 bits per heavy atom. The quantitative estimate of drug-likeness (QED) is 0.238. The molecule has 0 bridgehead atoms. The van der Waals surface area contributed by atoms with Gasteiger partial charge in [0.25, 0.3) is 0 Å². The van der Waals surface area contributed by atoms with E-state index < -0.39 is 23.5 Å². The van der Waals surface area contributed by atoms with Crippen molar-refractivity contribution in [2.24, 2.45) is 11.8 Å². The van der Waals surface area contributed by atoms with Crippen LogP contribution in [0.4, 0.5) is 10.3 Å². The third-order valence-electron chi connectivity index (χ3n) is 14.1. The van der Waals surface area contributed by atoms with Crippen molar-refractivity contribution >= 4 is 40.7 Å². The number of imide groups is 1. The van der Waals surface area contributed by atoms with Crippen LogP contribution in [0.3, 0.4) is 0 Å². The van der Waals surface area contributed by atoms with Gasteiger partial charge >= 0.3 is 5.76 Å². The molecule has 6 heterocycles. The summed E-state index contributed by atoms with van der Waals surface area (Å²) in [5.74, 6) is -0.0348. The van der Waals surface area contributed by atoms with Crippen molar-refractivity contribution in [1.29, 1.82) is 0 Å². The van der Waals surface area contributed by atoms with Gasteiger partial charge in [0, 0.05) is 50.0 Å². The summed E-state index contributed by atoms with van der Waals surface area (Å²) in [5, 5.41) is 9.04. The second-order valence-corrected chi connectivity index (χ2v) is 18.3. The van der Waals surface area contributed by atoms with Gasteiger partial charge in [0.05, 0.1) is 24.0 Å². The van der Waals surface area contributed by atoms with E-state index in [0.29, 0.717) is 47.7 Å². The molecule has 6 aliphatic rings. The molecule has 9 rings (SSSR count). The van der Waals surface area contributed by atoms with Gasteiger partial charge < -0.3 is 24.9 Å². The van der Waals surface area contributed by atoms with E-state index >= 15 is 0 Å². The summed E-state index contributed by atoms with van der Waals surface area (Å²) >= 11 is 0. The molecule has 0 spiro atoms. The zero-order valence-corrected chi connectivity index (χ0v) is 34.4. The predicted molar refractivity (Wildman–Crippen MR) is 221 cm³/mol. The number of nitrogens with one attached hydrogen (secondary N) is 3. The number of carbonyl (C=O) groups is 4. The highest BCUT2D eigenvalue weighted by molar-refractivity contribution is 6.00. The van der Waals surface area contributed by atoms with Crippen molar-refractivity contribution in [2.75, 3.05) is 57.7 Å². The van der Waals surface area contributed by atoms with Crippen LogP contribution in [0.5, 0.6) is 0 Å². The Kier molecular flexibility index (Phi) is 12.0. The second kappa shape index (κ2) is 17.7. The van der Waals surface area contributed by atoms with Gasteiger partial charge in [-0.3, -0.25) is 34.0 Å². The number of anilines is 1. The molecule has 16 heteroatoms. The Morgan fingerprint density at radius 1 is 0.850 bits per heavy atom. The summed E-state index contributed by atoms with van der Waals surface area (Å²) in [6.07, 6.45) is 13.0. The molecule has 2 aromatic heterocycles. The number of benzene rings is 1. The Balaban J connectivity index is 0.670. The molecule has 3 N–H and O–H groups in total. The molecule has 60 heavy (non-hydrogen) atoms. The van der Waals surface area contributed by atoms with E-state index in [9.17, 15) is 28.4 Å². The van der Waals surface area contributed by atoms with Gasteiger partial charge in [0.15, 0.2) is 11.4 Å². The molecule has 1 aromatic carbocycles. The molecule has 2 saturated carbocycles. The molecule has 0 radical (unpaired) electrons. The first-order chi connectivity index (χ1) is 29.1. The lowest BCUT2D eigenvalue weighted by Crippen LogP contribution is -2.47. The van der Waals surface area contributed by atoms with Crippen molar-refractivity contribution < 1.29 is 28.0 Å². The van der Waals surface area contributed by atoms with E-state index in [0.717, 1.165) is 122 Å². The molecule has 6 fully saturated rings. The van der Waals surface area contributed by atoms with Crippen molar-refractivity contribution in [3.63, 3.8) is 0 Å². The number of fused-ring (bicyclic) bond motifs is 1. The summed E-state index contributed by atoms with van der Waals surface area (Å²) in [5.41, 5.74) is 2.60. The summed E-state index contributed by atoms with van der Waals surface area (Å²) in [6, 6.07) is 5.40. The van der Waals surface area contributed by atoms with Gasteiger partial charge in [-0.05, 0) is 139 Å². The van der Waals surface area contributed by atoms with E-state index in [1.807, 2.05) is 23.1 Å². The molecule has 2 aliphatic carbocycles. The minimum Gasteiger partial charge on any atom is -0.408 e. The number of rotatable bonds is 11. The first kappa shape index (κ1) is 40.7. The standard InChI is InChI=1S/C44H58FN9O6/c45-34-23-46-43(50-40(34)31-2-1-17-53(25-31)42(58)29-3-4-29)48-33-8-6-32(7-9-33)47-39(56)26-52-18-13-27(14-19-52)24-51-20-15-28(16-21-51)30-5-10-35-37(22-30)60-44(59)54(35)36-11-12-38(55)49-41(36)57/h5,10,22-23,27-29,31-33,36H,1-4,6-9,11-21,24-26H2,(H,47,56)(H,46,48,50)(H,49,55,57). The van der Waals surface area contributed by atoms with E-state index in [4.69, 9.17) is 4.42 Å². The number of oxazole rings is 1. The number of aromatic nitrogens is 3. The number of hydrogen-bond donors (Lipinski definition) is 3. The maximum Gasteiger partial charge on any atom is 0.420 e. The van der Waals surface area contributed by atoms with Crippen molar-refractivity contribution in [3.8, 4) is 0 Å². The summed E-state index contributed by atoms with van der Waals surface area (Å²) < 4.78 is 21.9. The van der Waals surface area contributed by atoms with Gasteiger partial charge in [-0.1, -0.05) is 6.07 Å². The number of carbonyl (C=O) groups excluding carboxylic acids is 4. The molecule has 4 saturated heterocycles. The fraction of sp³-hybridized carbons (Fsp3) is 0.659. The SMILES string of the molecule is O=C1CCC(n2c(=O)oc3cc(C4CCN(CC5CCN(CC(=O)NC6CCC(Nc7ncc(F)c(C8CCCN(C(=O)C9CC9)C8)n7)CC6)CC5)CC4)ccc32)C(=O)N1. The first-order valence-electron chi connectivity index (χ1n) is 22.4.